The Morgan fingerprint density at radius 3 is 2.62 bits per heavy atom. The van der Waals surface area contributed by atoms with Crippen molar-refractivity contribution in [2.75, 3.05) is 32.1 Å². The minimum Gasteiger partial charge on any atom is -0.303 e. The summed E-state index contributed by atoms with van der Waals surface area (Å²) < 4.78 is 0. The van der Waals surface area contributed by atoms with Crippen LogP contribution in [-0.2, 0) is 0 Å². The van der Waals surface area contributed by atoms with E-state index in [-0.39, 0.29) is 0 Å². The van der Waals surface area contributed by atoms with E-state index in [4.69, 9.17) is 11.6 Å². The molecule has 0 N–H and O–H groups in total. The predicted octanol–water partition coefficient (Wildman–Crippen LogP) is 2.43. The Kier molecular flexibility index (Phi) is 10.2. The van der Waals surface area contributed by atoms with E-state index in [1.54, 1.807) is 0 Å². The Labute approximate surface area is 91.0 Å². The van der Waals surface area contributed by atoms with Crippen molar-refractivity contribution in [2.24, 2.45) is 4.99 Å². The fourth-order valence-corrected chi connectivity index (χ4v) is 1.34. The lowest BCUT2D eigenvalue weighted by Gasteiger charge is -2.18. The third-order valence-corrected chi connectivity index (χ3v) is 2.26. The van der Waals surface area contributed by atoms with Crippen LogP contribution in [0.25, 0.3) is 0 Å². The van der Waals surface area contributed by atoms with E-state index in [1.165, 1.54) is 0 Å². The van der Waals surface area contributed by atoms with Crippen LogP contribution in [0.3, 0.4) is 0 Å². The van der Waals surface area contributed by atoms with Gasteiger partial charge in [-0.15, -0.1) is 11.6 Å². The molecule has 0 aromatic heterocycles. The Morgan fingerprint density at radius 1 is 1.38 bits per heavy atom. The monoisotopic (exact) mass is 220 g/mol. The lowest BCUT2D eigenvalue weighted by molar-refractivity contribution is 0.287. The molecule has 0 aliphatic carbocycles. The molecule has 0 atom stereocenters. The van der Waals surface area contributed by atoms with E-state index in [2.05, 4.69) is 34.2 Å². The highest BCUT2D eigenvalue weighted by Gasteiger charge is 1.99. The number of aliphatic imine (C=N–C) groups is 1. The molecule has 0 aliphatic heterocycles. The molecule has 0 bridgehead atoms. The van der Waals surface area contributed by atoms with E-state index in [0.717, 1.165) is 44.9 Å². The SMILES string of the molecule is CCN(CCCCl)CCCN=C=S. The van der Waals surface area contributed by atoms with Crippen LogP contribution >= 0.6 is 23.8 Å². The highest BCUT2D eigenvalue weighted by Crippen LogP contribution is 1.95. The van der Waals surface area contributed by atoms with E-state index in [1.807, 2.05) is 0 Å². The van der Waals surface area contributed by atoms with Crippen molar-refractivity contribution in [1.29, 1.82) is 0 Å². The zero-order valence-electron chi connectivity index (χ0n) is 8.13. The molecule has 0 saturated heterocycles. The lowest BCUT2D eigenvalue weighted by Crippen LogP contribution is -2.26. The molecule has 76 valence electrons. The number of hydrogen-bond acceptors (Lipinski definition) is 3. The molecule has 0 spiro atoms. The topological polar surface area (TPSA) is 15.6 Å². The summed E-state index contributed by atoms with van der Waals surface area (Å²) in [7, 11) is 0. The van der Waals surface area contributed by atoms with E-state index >= 15 is 0 Å². The molecule has 2 nitrogen and oxygen atoms in total. The molecule has 0 aromatic rings. The average Bonchev–Trinajstić information content (AvgIpc) is 2.17. The van der Waals surface area contributed by atoms with Crippen LogP contribution in [0.15, 0.2) is 4.99 Å². The molecule has 0 amide bonds. The van der Waals surface area contributed by atoms with Crippen molar-refractivity contribution in [3.8, 4) is 0 Å². The molecule has 0 aliphatic rings. The van der Waals surface area contributed by atoms with Gasteiger partial charge in [0.25, 0.3) is 0 Å². The van der Waals surface area contributed by atoms with Gasteiger partial charge in [0.05, 0.1) is 11.7 Å². The van der Waals surface area contributed by atoms with Crippen molar-refractivity contribution < 1.29 is 0 Å². The number of isothiocyanates is 1. The van der Waals surface area contributed by atoms with Crippen LogP contribution in [0.5, 0.6) is 0 Å². The number of halogens is 1. The average molecular weight is 221 g/mol. The number of alkyl halides is 1. The molecule has 0 rings (SSSR count). The molecular formula is C9H17ClN2S. The molecule has 13 heavy (non-hydrogen) atoms. The molecule has 0 aromatic carbocycles. The molecule has 0 saturated carbocycles. The van der Waals surface area contributed by atoms with Gasteiger partial charge in [-0.05, 0) is 44.7 Å². The first-order chi connectivity index (χ1) is 6.35. The van der Waals surface area contributed by atoms with Gasteiger partial charge in [0, 0.05) is 5.88 Å². The third kappa shape index (κ3) is 8.38. The first-order valence-corrected chi connectivity index (χ1v) is 5.61. The summed E-state index contributed by atoms with van der Waals surface area (Å²) in [5, 5.41) is 2.37. The summed E-state index contributed by atoms with van der Waals surface area (Å²) in [5.74, 6) is 0.745. The maximum absolute atomic E-state index is 5.62. The molecule has 4 heteroatoms. The zero-order chi connectivity index (χ0) is 9.94. The van der Waals surface area contributed by atoms with Crippen molar-refractivity contribution in [3.63, 3.8) is 0 Å². The van der Waals surface area contributed by atoms with Gasteiger partial charge in [-0.3, -0.25) is 0 Å². The van der Waals surface area contributed by atoms with Crippen LogP contribution in [0.2, 0.25) is 0 Å². The van der Waals surface area contributed by atoms with Crippen molar-refractivity contribution in [2.45, 2.75) is 19.8 Å². The summed E-state index contributed by atoms with van der Waals surface area (Å²) >= 11 is 10.1. The predicted molar refractivity (Wildman–Crippen MR) is 62.0 cm³/mol. The van der Waals surface area contributed by atoms with Gasteiger partial charge in [0.1, 0.15) is 0 Å². The van der Waals surface area contributed by atoms with Gasteiger partial charge in [0.15, 0.2) is 0 Å². The quantitative estimate of drug-likeness (QED) is 0.270. The Hall–Kier alpha value is 0.0500. The summed E-state index contributed by atoms with van der Waals surface area (Å²) in [6, 6.07) is 0. The van der Waals surface area contributed by atoms with Gasteiger partial charge < -0.3 is 4.90 Å². The molecular weight excluding hydrogens is 204 g/mol. The number of thiocarbonyl (C=S) groups is 1. The largest absolute Gasteiger partial charge is 0.303 e. The van der Waals surface area contributed by atoms with Gasteiger partial charge in [-0.1, -0.05) is 6.92 Å². The van der Waals surface area contributed by atoms with Gasteiger partial charge >= 0.3 is 0 Å². The standard InChI is InChI=1S/C9H17ClN2S/c1-2-12(7-3-5-10)8-4-6-11-9-13/h2-8H2,1H3. The fourth-order valence-electron chi connectivity index (χ4n) is 1.13. The fraction of sp³-hybridized carbons (Fsp3) is 0.889. The first kappa shape index (κ1) is 13.1. The highest BCUT2D eigenvalue weighted by molar-refractivity contribution is 7.78. The van der Waals surface area contributed by atoms with Gasteiger partial charge in [0.2, 0.25) is 0 Å². The van der Waals surface area contributed by atoms with Crippen molar-refractivity contribution in [1.82, 2.24) is 4.90 Å². The van der Waals surface area contributed by atoms with Gasteiger partial charge in [-0.25, -0.2) is 4.99 Å². The Balaban J connectivity index is 3.41. The smallest absolute Gasteiger partial charge is 0.0584 e. The lowest BCUT2D eigenvalue weighted by atomic mass is 10.3. The van der Waals surface area contributed by atoms with Crippen LogP contribution < -0.4 is 0 Å². The third-order valence-electron chi connectivity index (χ3n) is 1.86. The van der Waals surface area contributed by atoms with Crippen LogP contribution in [0.1, 0.15) is 19.8 Å². The van der Waals surface area contributed by atoms with Crippen molar-refractivity contribution in [3.05, 3.63) is 0 Å². The molecule has 0 fully saturated rings. The normalized spacial score (nSPS) is 10.1. The minimum atomic E-state index is 0.745. The summed E-state index contributed by atoms with van der Waals surface area (Å²) in [5.41, 5.74) is 0. The van der Waals surface area contributed by atoms with Crippen LogP contribution in [-0.4, -0.2) is 42.1 Å². The second-order valence-corrected chi connectivity index (χ2v) is 3.36. The Morgan fingerprint density at radius 2 is 2.08 bits per heavy atom. The number of hydrogen-bond donors (Lipinski definition) is 0. The number of nitrogens with zero attached hydrogens (tertiary/aromatic N) is 2. The van der Waals surface area contributed by atoms with E-state index in [9.17, 15) is 0 Å². The molecule has 0 heterocycles. The number of rotatable bonds is 8. The minimum absolute atomic E-state index is 0.745. The molecule has 0 radical (unpaired) electrons. The summed E-state index contributed by atoms with van der Waals surface area (Å²) in [6.45, 7) is 6.20. The summed E-state index contributed by atoms with van der Waals surface area (Å²) in [6.07, 6.45) is 2.12. The Bertz CT molecular complexity index is 158. The maximum atomic E-state index is 5.62. The molecule has 0 unspecified atom stereocenters. The van der Waals surface area contributed by atoms with Crippen LogP contribution in [0, 0.1) is 0 Å². The second kappa shape index (κ2) is 10.1. The van der Waals surface area contributed by atoms with E-state index in [0.29, 0.717) is 0 Å². The van der Waals surface area contributed by atoms with Gasteiger partial charge in [-0.2, -0.15) is 0 Å². The van der Waals surface area contributed by atoms with Crippen molar-refractivity contribution >= 4 is 29.0 Å². The first-order valence-electron chi connectivity index (χ1n) is 4.67. The summed E-state index contributed by atoms with van der Waals surface area (Å²) in [4.78, 5) is 6.25. The zero-order valence-corrected chi connectivity index (χ0v) is 9.70. The van der Waals surface area contributed by atoms with E-state index < -0.39 is 0 Å². The maximum Gasteiger partial charge on any atom is 0.0584 e. The van der Waals surface area contributed by atoms with Crippen LogP contribution in [0.4, 0.5) is 0 Å². The second-order valence-electron chi connectivity index (χ2n) is 2.80. The highest BCUT2D eigenvalue weighted by atomic mass is 35.5.